The Morgan fingerprint density at radius 3 is 2.41 bits per heavy atom. The van der Waals surface area contributed by atoms with Crippen molar-refractivity contribution >= 4 is 23.4 Å². The Morgan fingerprint density at radius 1 is 1.03 bits per heavy atom. The van der Waals surface area contributed by atoms with E-state index in [1.54, 1.807) is 26.4 Å². The molecule has 0 bridgehead atoms. The minimum atomic E-state index is -0.534. The molecule has 0 unspecified atom stereocenters. The molecule has 0 atom stereocenters. The number of nitrogens with one attached hydrogen (secondary N) is 1. The maximum atomic E-state index is 12.4. The monoisotopic (exact) mass is 397 g/mol. The van der Waals surface area contributed by atoms with Crippen molar-refractivity contribution in [3.05, 3.63) is 53.6 Å². The first-order valence-electron chi connectivity index (χ1n) is 9.08. The van der Waals surface area contributed by atoms with Gasteiger partial charge in [0.2, 0.25) is 5.91 Å². The van der Waals surface area contributed by atoms with Gasteiger partial charge in [0, 0.05) is 24.1 Å². The highest BCUT2D eigenvalue weighted by Crippen LogP contribution is 2.29. The molecule has 0 saturated heterocycles. The molecule has 1 heterocycles. The van der Waals surface area contributed by atoms with Gasteiger partial charge in [-0.25, -0.2) is 9.80 Å². The second kappa shape index (κ2) is 9.09. The second-order valence-electron chi connectivity index (χ2n) is 6.38. The molecule has 8 heteroatoms. The highest BCUT2D eigenvalue weighted by Gasteiger charge is 2.22. The molecule has 29 heavy (non-hydrogen) atoms. The number of rotatable bonds is 6. The molecule has 0 saturated carbocycles. The normalized spacial score (nSPS) is 13.6. The molecule has 0 fully saturated rings. The number of nitrogens with zero attached hydrogens (tertiary/aromatic N) is 2. The zero-order valence-electron chi connectivity index (χ0n) is 16.6. The predicted molar refractivity (Wildman–Crippen MR) is 108 cm³/mol. The van der Waals surface area contributed by atoms with Crippen molar-refractivity contribution < 1.29 is 23.8 Å². The van der Waals surface area contributed by atoms with Gasteiger partial charge in [-0.1, -0.05) is 12.1 Å². The van der Waals surface area contributed by atoms with Crippen LogP contribution in [-0.4, -0.2) is 44.1 Å². The molecule has 0 spiro atoms. The van der Waals surface area contributed by atoms with Gasteiger partial charge in [0.15, 0.2) is 11.5 Å². The van der Waals surface area contributed by atoms with Crippen LogP contribution in [0.2, 0.25) is 0 Å². The molecule has 0 aliphatic carbocycles. The lowest BCUT2D eigenvalue weighted by molar-refractivity contribution is -0.132. The molecule has 0 radical (unpaired) electrons. The van der Waals surface area contributed by atoms with Gasteiger partial charge in [-0.15, -0.1) is 0 Å². The molecule has 2 aromatic rings. The van der Waals surface area contributed by atoms with E-state index in [1.165, 1.54) is 12.1 Å². The number of benzene rings is 2. The molecule has 152 valence electrons. The number of hydrazone groups is 1. The van der Waals surface area contributed by atoms with Crippen molar-refractivity contribution in [1.82, 2.24) is 5.01 Å². The fourth-order valence-corrected chi connectivity index (χ4v) is 2.98. The summed E-state index contributed by atoms with van der Waals surface area (Å²) in [4.78, 5) is 23.6. The summed E-state index contributed by atoms with van der Waals surface area (Å²) in [6.45, 7) is 0.341. The Bertz CT molecular complexity index is 924. The zero-order valence-corrected chi connectivity index (χ0v) is 16.6. The number of methoxy groups -OCH3 is 3. The summed E-state index contributed by atoms with van der Waals surface area (Å²) in [6.07, 6.45) is 0.412. The van der Waals surface area contributed by atoms with E-state index in [2.05, 4.69) is 15.2 Å². The smallest absolute Gasteiger partial charge is 0.411 e. The van der Waals surface area contributed by atoms with E-state index in [-0.39, 0.29) is 5.91 Å². The van der Waals surface area contributed by atoms with Crippen LogP contribution in [0.15, 0.2) is 47.6 Å². The van der Waals surface area contributed by atoms with Crippen molar-refractivity contribution in [2.75, 3.05) is 26.6 Å². The standard InChI is InChI=1S/C21H23N3O5/c1-27-18-10-6-15(12-19(18)28-2)17-9-11-20(25)24(23-17)13-14-4-7-16(8-5-14)22-21(26)29-3/h4-8,10,12H,9,11,13H2,1-3H3,(H,22,26). The van der Waals surface area contributed by atoms with E-state index < -0.39 is 6.09 Å². The lowest BCUT2D eigenvalue weighted by Crippen LogP contribution is -2.31. The highest BCUT2D eigenvalue weighted by molar-refractivity contribution is 6.04. The molecule has 1 N–H and O–H groups in total. The SMILES string of the molecule is COC(=O)Nc1ccc(CN2N=C(c3ccc(OC)c(OC)c3)CCC2=O)cc1. The first-order chi connectivity index (χ1) is 14.0. The topological polar surface area (TPSA) is 89.5 Å². The highest BCUT2D eigenvalue weighted by atomic mass is 16.5. The van der Waals surface area contributed by atoms with Gasteiger partial charge in [0.25, 0.3) is 0 Å². The average Bonchev–Trinajstić information content (AvgIpc) is 2.76. The van der Waals surface area contributed by atoms with E-state index in [1.807, 2.05) is 30.3 Å². The van der Waals surface area contributed by atoms with Gasteiger partial charge in [-0.3, -0.25) is 10.1 Å². The van der Waals surface area contributed by atoms with Crippen LogP contribution in [0.5, 0.6) is 11.5 Å². The first kappa shape index (κ1) is 20.2. The van der Waals surface area contributed by atoms with Crippen molar-refractivity contribution in [1.29, 1.82) is 0 Å². The lowest BCUT2D eigenvalue weighted by atomic mass is 10.0. The van der Waals surface area contributed by atoms with Gasteiger partial charge in [-0.05, 0) is 35.9 Å². The minimum Gasteiger partial charge on any atom is -0.493 e. The molecule has 1 aliphatic heterocycles. The summed E-state index contributed by atoms with van der Waals surface area (Å²) < 4.78 is 15.2. The third kappa shape index (κ3) is 4.84. The summed E-state index contributed by atoms with van der Waals surface area (Å²) in [6, 6.07) is 12.8. The number of carbonyl (C=O) groups excluding carboxylic acids is 2. The Hall–Kier alpha value is -3.55. The number of amides is 2. The van der Waals surface area contributed by atoms with E-state index in [0.717, 1.165) is 16.8 Å². The van der Waals surface area contributed by atoms with Crippen LogP contribution in [0.4, 0.5) is 10.5 Å². The minimum absolute atomic E-state index is 0.0361. The molecule has 2 aromatic carbocycles. The number of carbonyl (C=O) groups is 2. The lowest BCUT2D eigenvalue weighted by Gasteiger charge is -2.24. The van der Waals surface area contributed by atoms with Gasteiger partial charge < -0.3 is 14.2 Å². The Labute approximate surface area is 169 Å². The third-order valence-corrected chi connectivity index (χ3v) is 4.54. The summed E-state index contributed by atoms with van der Waals surface area (Å²) in [5.41, 5.74) is 3.21. The van der Waals surface area contributed by atoms with E-state index in [0.29, 0.717) is 36.6 Å². The Balaban J connectivity index is 1.77. The fourth-order valence-electron chi connectivity index (χ4n) is 2.98. The Morgan fingerprint density at radius 2 is 1.76 bits per heavy atom. The van der Waals surface area contributed by atoms with Crippen LogP contribution in [0.1, 0.15) is 24.0 Å². The van der Waals surface area contributed by atoms with Crippen LogP contribution < -0.4 is 14.8 Å². The molecule has 2 amide bonds. The number of anilines is 1. The van der Waals surface area contributed by atoms with Gasteiger partial charge in [0.05, 0.1) is 33.6 Å². The third-order valence-electron chi connectivity index (χ3n) is 4.54. The maximum Gasteiger partial charge on any atom is 0.411 e. The van der Waals surface area contributed by atoms with E-state index in [9.17, 15) is 9.59 Å². The van der Waals surface area contributed by atoms with Crippen LogP contribution in [0.3, 0.4) is 0 Å². The summed E-state index contributed by atoms with van der Waals surface area (Å²) in [5, 5.41) is 8.62. The van der Waals surface area contributed by atoms with Crippen molar-refractivity contribution in [2.24, 2.45) is 5.10 Å². The van der Waals surface area contributed by atoms with Crippen molar-refractivity contribution in [3.8, 4) is 11.5 Å². The number of hydrogen-bond donors (Lipinski definition) is 1. The van der Waals surface area contributed by atoms with Gasteiger partial charge in [-0.2, -0.15) is 5.10 Å². The van der Waals surface area contributed by atoms with Gasteiger partial charge >= 0.3 is 6.09 Å². The average molecular weight is 397 g/mol. The van der Waals surface area contributed by atoms with Crippen LogP contribution in [-0.2, 0) is 16.1 Å². The largest absolute Gasteiger partial charge is 0.493 e. The van der Waals surface area contributed by atoms with Crippen LogP contribution >= 0.6 is 0 Å². The number of hydrogen-bond acceptors (Lipinski definition) is 6. The molecule has 8 nitrogen and oxygen atoms in total. The van der Waals surface area contributed by atoms with Crippen LogP contribution in [0.25, 0.3) is 0 Å². The molecule has 1 aliphatic rings. The van der Waals surface area contributed by atoms with E-state index in [4.69, 9.17) is 9.47 Å². The maximum absolute atomic E-state index is 12.4. The van der Waals surface area contributed by atoms with Crippen molar-refractivity contribution in [3.63, 3.8) is 0 Å². The fraction of sp³-hybridized carbons (Fsp3) is 0.286. The quantitative estimate of drug-likeness (QED) is 0.807. The second-order valence-corrected chi connectivity index (χ2v) is 6.38. The van der Waals surface area contributed by atoms with E-state index >= 15 is 0 Å². The van der Waals surface area contributed by atoms with Crippen LogP contribution in [0, 0.1) is 0 Å². The predicted octanol–water partition coefficient (Wildman–Crippen LogP) is 3.41. The zero-order chi connectivity index (χ0) is 20.8. The van der Waals surface area contributed by atoms with Gasteiger partial charge in [0.1, 0.15) is 0 Å². The molecular formula is C21H23N3O5. The molecule has 3 rings (SSSR count). The van der Waals surface area contributed by atoms with Crippen molar-refractivity contribution in [2.45, 2.75) is 19.4 Å². The molecule has 0 aromatic heterocycles. The molecular weight excluding hydrogens is 374 g/mol. The summed E-state index contributed by atoms with van der Waals surface area (Å²) in [5.74, 6) is 1.22. The summed E-state index contributed by atoms with van der Waals surface area (Å²) in [7, 11) is 4.47. The first-order valence-corrected chi connectivity index (χ1v) is 9.08. The number of ether oxygens (including phenoxy) is 3. The summed E-state index contributed by atoms with van der Waals surface area (Å²) >= 11 is 0. The Kier molecular flexibility index (Phi) is 6.33.